The van der Waals surface area contributed by atoms with E-state index < -0.39 is 0 Å². The number of rotatable bonds is 6. The first-order chi connectivity index (χ1) is 10.4. The van der Waals surface area contributed by atoms with Crippen LogP contribution in [0.4, 0.5) is 5.95 Å². The Labute approximate surface area is 124 Å². The van der Waals surface area contributed by atoms with Crippen molar-refractivity contribution < 1.29 is 4.74 Å². The van der Waals surface area contributed by atoms with Crippen LogP contribution in [0.3, 0.4) is 0 Å². The molecular weight excluding hydrogens is 268 g/mol. The summed E-state index contributed by atoms with van der Waals surface area (Å²) in [6.45, 7) is 6.72. The number of hydrogen-bond acceptors (Lipinski definition) is 6. The molecule has 2 N–H and O–H groups in total. The summed E-state index contributed by atoms with van der Waals surface area (Å²) in [4.78, 5) is 11.2. The highest BCUT2D eigenvalue weighted by molar-refractivity contribution is 5.80. The number of fused-ring (bicyclic) bond motifs is 1. The highest BCUT2D eigenvalue weighted by Gasteiger charge is 2.13. The van der Waals surface area contributed by atoms with Gasteiger partial charge in [-0.3, -0.25) is 10.00 Å². The number of nitrogens with zero attached hydrogens (tertiary/aromatic N) is 4. The fraction of sp³-hybridized carbons (Fsp3) is 0.643. The number of likely N-dealkylation sites (tertiary alicyclic amines) is 1. The van der Waals surface area contributed by atoms with Gasteiger partial charge in [0.2, 0.25) is 11.8 Å². The summed E-state index contributed by atoms with van der Waals surface area (Å²) in [6.07, 6.45) is 5.65. The molecule has 7 heteroatoms. The van der Waals surface area contributed by atoms with Crippen molar-refractivity contribution in [1.82, 2.24) is 25.1 Å². The largest absolute Gasteiger partial charge is 0.476 e. The standard InChI is InChI=1S/C14H22N6O/c1-2-15-14-17-12-11(10-16-19-12)13(18-14)21-9-8-20-6-4-3-5-7-20/h10H,2-9H2,1H3,(H2,15,16,17,18,19). The van der Waals surface area contributed by atoms with Crippen LogP contribution in [-0.4, -0.2) is 57.9 Å². The first-order valence-electron chi connectivity index (χ1n) is 7.67. The van der Waals surface area contributed by atoms with Gasteiger partial charge in [0, 0.05) is 13.1 Å². The molecule has 2 aromatic heterocycles. The first kappa shape index (κ1) is 14.1. The average molecular weight is 290 g/mol. The van der Waals surface area contributed by atoms with Gasteiger partial charge in [-0.05, 0) is 32.9 Å². The topological polar surface area (TPSA) is 79.0 Å². The molecule has 1 fully saturated rings. The van der Waals surface area contributed by atoms with Gasteiger partial charge in [0.05, 0.1) is 6.20 Å². The Kier molecular flexibility index (Phi) is 4.49. The van der Waals surface area contributed by atoms with E-state index in [0.717, 1.165) is 18.5 Å². The summed E-state index contributed by atoms with van der Waals surface area (Å²) in [5.41, 5.74) is 0.703. The molecule has 0 aromatic carbocycles. The molecule has 0 radical (unpaired) electrons. The van der Waals surface area contributed by atoms with Crippen molar-refractivity contribution in [1.29, 1.82) is 0 Å². The number of nitrogens with one attached hydrogen (secondary N) is 2. The number of hydrogen-bond donors (Lipinski definition) is 2. The minimum absolute atomic E-state index is 0.572. The van der Waals surface area contributed by atoms with Crippen molar-refractivity contribution in [3.05, 3.63) is 6.20 Å². The lowest BCUT2D eigenvalue weighted by Gasteiger charge is -2.26. The molecule has 0 bridgehead atoms. The van der Waals surface area contributed by atoms with Crippen LogP contribution in [0.15, 0.2) is 6.20 Å². The van der Waals surface area contributed by atoms with Crippen molar-refractivity contribution >= 4 is 17.0 Å². The van der Waals surface area contributed by atoms with E-state index in [1.165, 1.54) is 32.4 Å². The smallest absolute Gasteiger partial charge is 0.229 e. The lowest BCUT2D eigenvalue weighted by atomic mass is 10.1. The van der Waals surface area contributed by atoms with Crippen LogP contribution in [0.1, 0.15) is 26.2 Å². The Morgan fingerprint density at radius 2 is 2.14 bits per heavy atom. The highest BCUT2D eigenvalue weighted by Crippen LogP contribution is 2.22. The van der Waals surface area contributed by atoms with Crippen LogP contribution in [0.2, 0.25) is 0 Å². The molecular formula is C14H22N6O. The number of anilines is 1. The summed E-state index contributed by atoms with van der Waals surface area (Å²) >= 11 is 0. The zero-order chi connectivity index (χ0) is 14.5. The summed E-state index contributed by atoms with van der Waals surface area (Å²) < 4.78 is 5.87. The van der Waals surface area contributed by atoms with Gasteiger partial charge in [-0.25, -0.2) is 0 Å². The second kappa shape index (κ2) is 6.71. The van der Waals surface area contributed by atoms with Gasteiger partial charge in [-0.2, -0.15) is 15.1 Å². The molecule has 3 heterocycles. The third kappa shape index (κ3) is 3.41. The second-order valence-corrected chi connectivity index (χ2v) is 5.27. The molecule has 0 saturated carbocycles. The molecule has 3 rings (SSSR count). The number of H-pyrrole nitrogens is 1. The molecule has 0 unspecified atom stereocenters. The fourth-order valence-electron chi connectivity index (χ4n) is 2.61. The molecule has 0 atom stereocenters. The molecule has 7 nitrogen and oxygen atoms in total. The molecule has 114 valence electrons. The van der Waals surface area contributed by atoms with Gasteiger partial charge < -0.3 is 10.1 Å². The average Bonchev–Trinajstić information content (AvgIpc) is 2.97. The Morgan fingerprint density at radius 1 is 1.29 bits per heavy atom. The highest BCUT2D eigenvalue weighted by atomic mass is 16.5. The van der Waals surface area contributed by atoms with Crippen LogP contribution in [0.25, 0.3) is 11.0 Å². The summed E-state index contributed by atoms with van der Waals surface area (Å²) in [7, 11) is 0. The summed E-state index contributed by atoms with van der Waals surface area (Å²) in [5.74, 6) is 1.17. The maximum atomic E-state index is 5.87. The van der Waals surface area contributed by atoms with Crippen molar-refractivity contribution in [3.8, 4) is 5.88 Å². The van der Waals surface area contributed by atoms with E-state index in [2.05, 4.69) is 30.4 Å². The minimum Gasteiger partial charge on any atom is -0.476 e. The van der Waals surface area contributed by atoms with Gasteiger partial charge >= 0.3 is 0 Å². The summed E-state index contributed by atoms with van der Waals surface area (Å²) in [6, 6.07) is 0. The second-order valence-electron chi connectivity index (χ2n) is 5.27. The van der Waals surface area contributed by atoms with E-state index in [1.54, 1.807) is 6.20 Å². The molecule has 1 aliphatic rings. The van der Waals surface area contributed by atoms with E-state index in [9.17, 15) is 0 Å². The Hall–Kier alpha value is -1.89. The van der Waals surface area contributed by atoms with E-state index >= 15 is 0 Å². The fourth-order valence-corrected chi connectivity index (χ4v) is 2.61. The zero-order valence-corrected chi connectivity index (χ0v) is 12.4. The molecule has 0 spiro atoms. The molecule has 21 heavy (non-hydrogen) atoms. The first-order valence-corrected chi connectivity index (χ1v) is 7.67. The van der Waals surface area contributed by atoms with Gasteiger partial charge in [0.1, 0.15) is 12.0 Å². The SMILES string of the molecule is CCNc1nc(OCCN2CCCCC2)c2cn[nH]c2n1. The van der Waals surface area contributed by atoms with E-state index in [-0.39, 0.29) is 0 Å². The molecule has 1 saturated heterocycles. The van der Waals surface area contributed by atoms with Crippen molar-refractivity contribution in [2.75, 3.05) is 38.1 Å². The predicted octanol–water partition coefficient (Wildman–Crippen LogP) is 1.65. The maximum absolute atomic E-state index is 5.87. The van der Waals surface area contributed by atoms with E-state index in [1.807, 2.05) is 6.92 Å². The van der Waals surface area contributed by atoms with Crippen molar-refractivity contribution in [2.24, 2.45) is 0 Å². The molecule has 0 aliphatic carbocycles. The van der Waals surface area contributed by atoms with Gasteiger partial charge in [-0.15, -0.1) is 0 Å². The molecule has 2 aromatic rings. The van der Waals surface area contributed by atoms with Crippen LogP contribution < -0.4 is 10.1 Å². The monoisotopic (exact) mass is 290 g/mol. The predicted molar refractivity (Wildman–Crippen MR) is 81.6 cm³/mol. The molecule has 1 aliphatic heterocycles. The van der Waals surface area contributed by atoms with Gasteiger partial charge in [0.25, 0.3) is 0 Å². The third-order valence-electron chi connectivity index (χ3n) is 3.70. The molecule has 0 amide bonds. The lowest BCUT2D eigenvalue weighted by molar-refractivity contribution is 0.181. The van der Waals surface area contributed by atoms with Crippen molar-refractivity contribution in [3.63, 3.8) is 0 Å². The van der Waals surface area contributed by atoms with Crippen LogP contribution in [0, 0.1) is 0 Å². The Balaban J connectivity index is 1.65. The normalized spacial score (nSPS) is 16.2. The van der Waals surface area contributed by atoms with Crippen LogP contribution in [-0.2, 0) is 0 Å². The quantitative estimate of drug-likeness (QED) is 0.842. The number of aromatic amines is 1. The summed E-state index contributed by atoms with van der Waals surface area (Å²) in [5, 5.41) is 10.8. The number of aromatic nitrogens is 4. The third-order valence-corrected chi connectivity index (χ3v) is 3.70. The van der Waals surface area contributed by atoms with E-state index in [0.29, 0.717) is 24.1 Å². The van der Waals surface area contributed by atoms with Crippen LogP contribution in [0.5, 0.6) is 5.88 Å². The Morgan fingerprint density at radius 3 is 2.95 bits per heavy atom. The number of piperidine rings is 1. The van der Waals surface area contributed by atoms with Crippen molar-refractivity contribution in [2.45, 2.75) is 26.2 Å². The Bertz CT molecular complexity index is 578. The number of ether oxygens (including phenoxy) is 1. The van der Waals surface area contributed by atoms with Crippen LogP contribution >= 0.6 is 0 Å². The van der Waals surface area contributed by atoms with Gasteiger partial charge in [-0.1, -0.05) is 6.42 Å². The zero-order valence-electron chi connectivity index (χ0n) is 12.4. The van der Waals surface area contributed by atoms with Gasteiger partial charge in [0.15, 0.2) is 5.65 Å². The van der Waals surface area contributed by atoms with E-state index in [4.69, 9.17) is 4.74 Å². The maximum Gasteiger partial charge on any atom is 0.229 e. The minimum atomic E-state index is 0.572. The lowest BCUT2D eigenvalue weighted by Crippen LogP contribution is -2.33.